The maximum atomic E-state index is 2.75. The van der Waals surface area contributed by atoms with E-state index < -0.39 is 0 Å². The maximum Gasteiger partial charge on any atom is 0.252 e. The molecular weight excluding hydrogens is 808 g/mol. The van der Waals surface area contributed by atoms with Crippen molar-refractivity contribution in [1.29, 1.82) is 0 Å². The summed E-state index contributed by atoms with van der Waals surface area (Å²) in [4.78, 5) is 8.06. The monoisotopic (exact) mass is 865 g/mol. The van der Waals surface area contributed by atoms with Crippen molar-refractivity contribution in [2.75, 3.05) is 9.80 Å². The van der Waals surface area contributed by atoms with E-state index in [1.807, 2.05) is 0 Å². The van der Waals surface area contributed by atoms with Crippen molar-refractivity contribution < 1.29 is 0 Å². The molecule has 2 atom stereocenters. The van der Waals surface area contributed by atoms with Gasteiger partial charge in [0.25, 0.3) is 6.71 Å². The SMILES string of the molecule is CC(C)(C)c1ccc(N2c3cc(-c4ccccc4)ccc3B3c4cccc5c4N(C4=C6B5C5=CCCC=C5N(C5=CCC(C(C)(C)C)C=C5)C6CC=C4)c4cc(-c5ccccc5)cc2c43)cc1. The van der Waals surface area contributed by atoms with Crippen molar-refractivity contribution in [3.05, 3.63) is 210 Å². The molecule has 7 aliphatic rings. The lowest BCUT2D eigenvalue weighted by Crippen LogP contribution is -2.66. The van der Waals surface area contributed by atoms with E-state index >= 15 is 0 Å². The number of para-hydroxylation sites is 1. The van der Waals surface area contributed by atoms with Gasteiger partial charge in [-0.3, -0.25) is 0 Å². The average molecular weight is 866 g/mol. The van der Waals surface area contributed by atoms with Crippen LogP contribution in [0.2, 0.25) is 0 Å². The van der Waals surface area contributed by atoms with Gasteiger partial charge in [0.2, 0.25) is 6.71 Å². The van der Waals surface area contributed by atoms with E-state index in [1.165, 1.54) is 101 Å². The van der Waals surface area contributed by atoms with Crippen molar-refractivity contribution in [2.45, 2.75) is 78.7 Å². The second-order valence-electron chi connectivity index (χ2n) is 21.9. The number of anilines is 5. The third kappa shape index (κ3) is 6.19. The summed E-state index contributed by atoms with van der Waals surface area (Å²) in [7, 11) is 0. The van der Waals surface area contributed by atoms with Crippen molar-refractivity contribution in [3.8, 4) is 22.3 Å². The molecule has 13 rings (SSSR count). The molecule has 0 radical (unpaired) electrons. The largest absolute Gasteiger partial charge is 0.336 e. The van der Waals surface area contributed by atoms with Crippen LogP contribution < -0.4 is 31.7 Å². The zero-order chi connectivity index (χ0) is 45.3. The first kappa shape index (κ1) is 40.6. The fourth-order valence-corrected chi connectivity index (χ4v) is 12.6. The molecule has 0 saturated carbocycles. The molecule has 1 saturated heterocycles. The molecule has 3 aliphatic carbocycles. The summed E-state index contributed by atoms with van der Waals surface area (Å²) in [6.07, 6.45) is 21.8. The number of benzene rings is 6. The third-order valence-electron chi connectivity index (χ3n) is 16.0. The van der Waals surface area contributed by atoms with Gasteiger partial charge >= 0.3 is 0 Å². The Kier molecular flexibility index (Phi) is 9.02. The van der Waals surface area contributed by atoms with E-state index in [4.69, 9.17) is 0 Å². The van der Waals surface area contributed by atoms with Gasteiger partial charge in [0, 0.05) is 45.5 Å². The summed E-state index contributed by atoms with van der Waals surface area (Å²) in [5.74, 6) is 0.528. The molecule has 326 valence electrons. The summed E-state index contributed by atoms with van der Waals surface area (Å²) >= 11 is 0. The van der Waals surface area contributed by atoms with Gasteiger partial charge in [-0.2, -0.15) is 0 Å². The Morgan fingerprint density at radius 3 is 1.91 bits per heavy atom. The minimum Gasteiger partial charge on any atom is -0.336 e. The van der Waals surface area contributed by atoms with E-state index in [0.29, 0.717) is 5.92 Å². The van der Waals surface area contributed by atoms with Gasteiger partial charge in [-0.1, -0.05) is 175 Å². The van der Waals surface area contributed by atoms with E-state index in [-0.39, 0.29) is 30.3 Å². The molecule has 6 aromatic rings. The predicted octanol–water partition coefficient (Wildman–Crippen LogP) is 12.9. The first-order valence-electron chi connectivity index (χ1n) is 24.8. The second kappa shape index (κ2) is 14.9. The van der Waals surface area contributed by atoms with Crippen molar-refractivity contribution in [2.24, 2.45) is 11.3 Å². The van der Waals surface area contributed by atoms with Gasteiger partial charge < -0.3 is 14.7 Å². The Hall–Kier alpha value is -6.71. The Morgan fingerprint density at radius 2 is 1.22 bits per heavy atom. The summed E-state index contributed by atoms with van der Waals surface area (Å²) in [6.45, 7) is 14.3. The molecular formula is C62H57B2N3. The van der Waals surface area contributed by atoms with Crippen LogP contribution in [0.15, 0.2) is 204 Å². The Bertz CT molecular complexity index is 3230. The number of rotatable bonds is 4. The lowest BCUT2D eigenvalue weighted by molar-refractivity contribution is 0.286. The Labute approximate surface area is 398 Å². The molecule has 2 unspecified atom stereocenters. The van der Waals surface area contributed by atoms with E-state index in [9.17, 15) is 0 Å². The molecule has 5 heteroatoms. The lowest BCUT2D eigenvalue weighted by atomic mass is 9.27. The van der Waals surface area contributed by atoms with Crippen molar-refractivity contribution >= 4 is 63.7 Å². The predicted molar refractivity (Wildman–Crippen MR) is 286 cm³/mol. The maximum absolute atomic E-state index is 2.75. The van der Waals surface area contributed by atoms with Crippen LogP contribution in [0.3, 0.4) is 0 Å². The van der Waals surface area contributed by atoms with Gasteiger partial charge in [-0.15, -0.1) is 0 Å². The van der Waals surface area contributed by atoms with Crippen LogP contribution in [0, 0.1) is 11.3 Å². The number of hydrogen-bond acceptors (Lipinski definition) is 3. The van der Waals surface area contributed by atoms with Crippen molar-refractivity contribution in [3.63, 3.8) is 0 Å². The fourth-order valence-electron chi connectivity index (χ4n) is 12.6. The zero-order valence-corrected chi connectivity index (χ0v) is 39.7. The minimum absolute atomic E-state index is 0.0418. The van der Waals surface area contributed by atoms with Gasteiger partial charge in [0.1, 0.15) is 0 Å². The molecule has 0 bridgehead atoms. The molecule has 0 spiro atoms. The average Bonchev–Trinajstić information content (AvgIpc) is 3.35. The highest BCUT2D eigenvalue weighted by Crippen LogP contribution is 2.52. The minimum atomic E-state index is 0.0418. The summed E-state index contributed by atoms with van der Waals surface area (Å²) in [5, 5.41) is 0. The quantitative estimate of drug-likeness (QED) is 0.163. The van der Waals surface area contributed by atoms with Gasteiger partial charge in [0.15, 0.2) is 0 Å². The molecule has 4 heterocycles. The molecule has 3 nitrogen and oxygen atoms in total. The van der Waals surface area contributed by atoms with Crippen LogP contribution in [0.1, 0.15) is 72.8 Å². The highest BCUT2D eigenvalue weighted by atomic mass is 15.2. The van der Waals surface area contributed by atoms with Crippen LogP contribution in [0.4, 0.5) is 28.4 Å². The molecule has 0 aromatic heterocycles. The lowest BCUT2D eigenvalue weighted by Gasteiger charge is -2.54. The first-order chi connectivity index (χ1) is 32.5. The Balaban J connectivity index is 1.08. The van der Waals surface area contributed by atoms with Gasteiger partial charge in [0.05, 0.1) is 6.04 Å². The van der Waals surface area contributed by atoms with Crippen LogP contribution in [-0.2, 0) is 5.41 Å². The summed E-state index contributed by atoms with van der Waals surface area (Å²) < 4.78 is 0. The van der Waals surface area contributed by atoms with E-state index in [2.05, 4.69) is 232 Å². The molecule has 4 aliphatic heterocycles. The van der Waals surface area contributed by atoms with Crippen LogP contribution >= 0.6 is 0 Å². The third-order valence-corrected chi connectivity index (χ3v) is 16.0. The molecule has 0 N–H and O–H groups in total. The van der Waals surface area contributed by atoms with E-state index in [0.717, 1.165) is 25.7 Å². The Morgan fingerprint density at radius 1 is 0.552 bits per heavy atom. The number of nitrogens with zero attached hydrogens (tertiary/aromatic N) is 3. The smallest absolute Gasteiger partial charge is 0.252 e. The standard InChI is InChI=1S/C62H57B2N3/c1-61(2,3)44-28-32-46(33-29-44)65-52-24-14-13-21-48(52)63-50-22-15-23-51-60(50)67(54-26-16-25-53(65)58(54)63)57-39-43(41-19-11-8-12-20-41)38-56-59(57)64(51)49-36-27-42(40-17-9-7-10-18-40)37-55(49)66(56)47-34-30-45(31-35-47)62(4,5)6/h7-12,15-24,26-28,30-39,44,53H,13-14,25,29H2,1-6H3. The van der Waals surface area contributed by atoms with Crippen LogP contribution in [-0.4, -0.2) is 24.4 Å². The van der Waals surface area contributed by atoms with Gasteiger partial charge in [-0.05, 0) is 146 Å². The highest BCUT2D eigenvalue weighted by molar-refractivity contribution is 7.01. The number of fused-ring (bicyclic) bond motifs is 8. The number of allylic oxidation sites excluding steroid dienone is 7. The molecule has 0 amide bonds. The summed E-state index contributed by atoms with van der Waals surface area (Å²) in [6, 6.07) is 51.2. The normalized spacial score (nSPS) is 19.8. The van der Waals surface area contributed by atoms with Crippen LogP contribution in [0.25, 0.3) is 22.3 Å². The highest BCUT2D eigenvalue weighted by Gasteiger charge is 2.53. The zero-order valence-electron chi connectivity index (χ0n) is 39.7. The fraction of sp³-hybridized carbons (Fsp3) is 0.226. The molecule has 6 aromatic carbocycles. The second-order valence-corrected chi connectivity index (χ2v) is 21.9. The number of hydrogen-bond donors (Lipinski definition) is 0. The topological polar surface area (TPSA) is 9.72 Å². The van der Waals surface area contributed by atoms with E-state index in [1.54, 1.807) is 5.47 Å². The van der Waals surface area contributed by atoms with Gasteiger partial charge in [-0.25, -0.2) is 0 Å². The summed E-state index contributed by atoms with van der Waals surface area (Å²) in [5.41, 5.74) is 25.6. The van der Waals surface area contributed by atoms with Crippen molar-refractivity contribution in [1.82, 2.24) is 4.90 Å². The van der Waals surface area contributed by atoms with Crippen LogP contribution in [0.5, 0.6) is 0 Å². The first-order valence-corrected chi connectivity index (χ1v) is 24.8. The molecule has 67 heavy (non-hydrogen) atoms. The molecule has 1 fully saturated rings.